The topological polar surface area (TPSA) is 221 Å². The van der Waals surface area contributed by atoms with Crippen molar-refractivity contribution in [3.05, 3.63) is 47.5 Å². The van der Waals surface area contributed by atoms with E-state index in [9.17, 15) is 43.5 Å². The van der Waals surface area contributed by atoms with Gasteiger partial charge in [-0.3, -0.25) is 38.5 Å². The molecule has 0 aromatic heterocycles. The van der Waals surface area contributed by atoms with Crippen molar-refractivity contribution in [1.29, 1.82) is 0 Å². The number of aliphatic carboxylic acids is 1. The third-order valence-electron chi connectivity index (χ3n) is 13.6. The summed E-state index contributed by atoms with van der Waals surface area (Å²) in [5, 5.41) is 18.4. The van der Waals surface area contributed by atoms with E-state index in [0.717, 1.165) is 5.56 Å². The molecule has 1 saturated heterocycles. The summed E-state index contributed by atoms with van der Waals surface area (Å²) in [5.74, 6) is -5.34. The van der Waals surface area contributed by atoms with Gasteiger partial charge in [0, 0.05) is 58.8 Å². The molecular formula is C51H80N6O11. The van der Waals surface area contributed by atoms with Gasteiger partial charge in [-0.15, -0.1) is 0 Å². The fourth-order valence-corrected chi connectivity index (χ4v) is 9.30. The molecule has 8 unspecified atom stereocenters. The molecule has 7 amide bonds. The van der Waals surface area contributed by atoms with Gasteiger partial charge in [0.15, 0.2) is 0 Å². The number of likely N-dealkylation sites (N-methyl/N-ethyl adjacent to an activating group) is 1. The average Bonchev–Trinajstić information content (AvgIpc) is 3.90. The van der Waals surface area contributed by atoms with Crippen molar-refractivity contribution in [1.82, 2.24) is 30.7 Å². The zero-order valence-corrected chi connectivity index (χ0v) is 42.5. The lowest BCUT2D eigenvalue weighted by Gasteiger charge is -2.41. The van der Waals surface area contributed by atoms with E-state index in [2.05, 4.69) is 16.0 Å². The lowest BCUT2D eigenvalue weighted by atomic mass is 9.89. The molecule has 2 aliphatic rings. The summed E-state index contributed by atoms with van der Waals surface area (Å²) < 4.78 is 11.9. The van der Waals surface area contributed by atoms with Gasteiger partial charge in [-0.2, -0.15) is 0 Å². The van der Waals surface area contributed by atoms with Gasteiger partial charge in [-0.1, -0.05) is 105 Å². The molecule has 0 saturated carbocycles. The number of benzene rings is 1. The molecular weight excluding hydrogens is 873 g/mol. The van der Waals surface area contributed by atoms with Crippen LogP contribution in [0.5, 0.6) is 0 Å². The predicted molar refractivity (Wildman–Crippen MR) is 257 cm³/mol. The van der Waals surface area contributed by atoms with Crippen molar-refractivity contribution in [3.63, 3.8) is 0 Å². The second-order valence-electron chi connectivity index (χ2n) is 19.6. The first kappa shape index (κ1) is 57.2. The number of carbonyl (C=O) groups excluding carboxylic acids is 7. The van der Waals surface area contributed by atoms with Crippen LogP contribution in [0.1, 0.15) is 119 Å². The molecule has 0 spiro atoms. The van der Waals surface area contributed by atoms with Crippen LogP contribution < -0.4 is 16.0 Å². The fraction of sp³-hybridized carbons (Fsp3) is 0.686. The summed E-state index contributed by atoms with van der Waals surface area (Å²) >= 11 is 0. The molecule has 0 aliphatic carbocycles. The van der Waals surface area contributed by atoms with E-state index in [0.29, 0.717) is 50.6 Å². The number of carboxylic acid groups (broad SMARTS) is 1. The number of hydrogen-bond donors (Lipinski definition) is 4. The number of carbonyl (C=O) groups is 8. The van der Waals surface area contributed by atoms with Crippen LogP contribution in [0, 0.1) is 29.6 Å². The summed E-state index contributed by atoms with van der Waals surface area (Å²) in [6.07, 6.45) is 3.56. The number of unbranched alkanes of at least 4 members (excludes halogenated alkanes) is 2. The van der Waals surface area contributed by atoms with Crippen LogP contribution in [0.2, 0.25) is 0 Å². The normalized spacial score (nSPS) is 18.7. The number of methoxy groups -OCH3 is 2. The number of amides is 7. The molecule has 2 aliphatic heterocycles. The molecule has 1 aromatic carbocycles. The standard InChI is InChI=1S/C51H80N6O11/c1-13-33(8)45(39(67-11)29-42(60)56-26-20-23-38(56)46(68-12)34(9)47(61)52-37(51(65)66)27-35-21-16-14-17-22-35)55(10)50(64)44(32(6)7)54-48(62)43(31(4)5)53-40(58)24-18-15-19-25-57-41(59)28-36(30(2)3)49(57)63/h14,16-17,21-22,28,30-34,37-39,43-46H,13,15,18-20,23-27,29H2,1-12H3,(H,52,61)(H,53,58)(H,54,62)(H,65,66)/t33?,34?,37?,38?,39?,43?,44-,45?,46?/m0/s1. The van der Waals surface area contributed by atoms with E-state index in [-0.39, 0.29) is 79.0 Å². The Bertz CT molecular complexity index is 1920. The van der Waals surface area contributed by atoms with E-state index >= 15 is 0 Å². The smallest absolute Gasteiger partial charge is 0.326 e. The first-order valence-electron chi connectivity index (χ1n) is 24.5. The molecule has 3 rings (SSSR count). The molecule has 2 heterocycles. The highest BCUT2D eigenvalue weighted by molar-refractivity contribution is 6.16. The maximum Gasteiger partial charge on any atom is 0.326 e. The van der Waals surface area contributed by atoms with Crippen LogP contribution in [-0.2, 0) is 54.3 Å². The summed E-state index contributed by atoms with van der Waals surface area (Å²) in [7, 11) is 4.62. The SMILES string of the molecule is CCC(C)C(C(CC(=O)N1CCCC1C(OC)C(C)C(=O)NC(Cc1ccccc1)C(=O)O)OC)N(C)C(=O)[C@@H](NC(=O)C(NC(=O)CCCCCN1C(=O)C=C(C(C)C)C1=O)C(C)C)C(C)C. The molecule has 1 fully saturated rings. The van der Waals surface area contributed by atoms with Gasteiger partial charge in [-0.25, -0.2) is 4.79 Å². The highest BCUT2D eigenvalue weighted by atomic mass is 16.5. The molecule has 380 valence electrons. The highest BCUT2D eigenvalue weighted by Gasteiger charge is 2.43. The van der Waals surface area contributed by atoms with Crippen LogP contribution in [0.3, 0.4) is 0 Å². The average molecular weight is 953 g/mol. The minimum absolute atomic E-state index is 0.0472. The quantitative estimate of drug-likeness (QED) is 0.0676. The Labute approximate surface area is 403 Å². The van der Waals surface area contributed by atoms with Gasteiger partial charge < -0.3 is 40.3 Å². The van der Waals surface area contributed by atoms with Crippen LogP contribution in [0.25, 0.3) is 0 Å². The highest BCUT2D eigenvalue weighted by Crippen LogP contribution is 2.30. The molecule has 1 aromatic rings. The number of ether oxygens (including phenoxy) is 2. The minimum Gasteiger partial charge on any atom is -0.480 e. The number of carboxylic acids is 1. The number of hydrogen-bond acceptors (Lipinski definition) is 10. The lowest BCUT2D eigenvalue weighted by molar-refractivity contribution is -0.148. The Hall–Kier alpha value is -5.16. The predicted octanol–water partition coefficient (Wildman–Crippen LogP) is 4.51. The van der Waals surface area contributed by atoms with E-state index in [1.165, 1.54) is 25.2 Å². The van der Waals surface area contributed by atoms with Crippen LogP contribution >= 0.6 is 0 Å². The number of imide groups is 1. The Kier molecular flexibility index (Phi) is 22.8. The van der Waals surface area contributed by atoms with Crippen molar-refractivity contribution in [2.45, 2.75) is 163 Å². The number of nitrogens with zero attached hydrogens (tertiary/aromatic N) is 3. The Balaban J connectivity index is 1.67. The van der Waals surface area contributed by atoms with Crippen LogP contribution in [0.15, 0.2) is 42.0 Å². The lowest BCUT2D eigenvalue weighted by Crippen LogP contribution is -2.60. The van der Waals surface area contributed by atoms with Crippen molar-refractivity contribution in [3.8, 4) is 0 Å². The third kappa shape index (κ3) is 15.4. The first-order chi connectivity index (χ1) is 32.1. The summed E-state index contributed by atoms with van der Waals surface area (Å²) in [5.41, 5.74) is 1.26. The maximum absolute atomic E-state index is 14.5. The van der Waals surface area contributed by atoms with Crippen molar-refractivity contribution in [2.75, 3.05) is 34.4 Å². The Morgan fingerprint density at radius 1 is 0.838 bits per heavy atom. The monoisotopic (exact) mass is 953 g/mol. The van der Waals surface area contributed by atoms with Crippen molar-refractivity contribution in [2.24, 2.45) is 29.6 Å². The van der Waals surface area contributed by atoms with Gasteiger partial charge in [0.05, 0.1) is 36.6 Å². The van der Waals surface area contributed by atoms with Crippen molar-refractivity contribution < 1.29 is 52.9 Å². The second-order valence-corrected chi connectivity index (χ2v) is 19.6. The Morgan fingerprint density at radius 3 is 2.03 bits per heavy atom. The van der Waals surface area contributed by atoms with Crippen LogP contribution in [0.4, 0.5) is 0 Å². The summed E-state index contributed by atoms with van der Waals surface area (Å²) in [6.45, 7) is 17.3. The largest absolute Gasteiger partial charge is 0.480 e. The molecule has 0 radical (unpaired) electrons. The second kappa shape index (κ2) is 27.1. The van der Waals surface area contributed by atoms with Gasteiger partial charge in [0.2, 0.25) is 29.5 Å². The summed E-state index contributed by atoms with van der Waals surface area (Å²) in [4.78, 5) is 111. The number of likely N-dealkylation sites (tertiary alicyclic amines) is 1. The zero-order valence-electron chi connectivity index (χ0n) is 42.5. The van der Waals surface area contributed by atoms with Gasteiger partial charge in [-0.05, 0) is 54.9 Å². The molecule has 17 nitrogen and oxygen atoms in total. The molecule has 4 N–H and O–H groups in total. The summed E-state index contributed by atoms with van der Waals surface area (Å²) in [6, 6.07) is 4.90. The van der Waals surface area contributed by atoms with E-state index in [4.69, 9.17) is 9.47 Å². The molecule has 0 bridgehead atoms. The van der Waals surface area contributed by atoms with Crippen LogP contribution in [-0.4, -0.2) is 144 Å². The Morgan fingerprint density at radius 2 is 1.49 bits per heavy atom. The van der Waals surface area contributed by atoms with E-state index in [1.54, 1.807) is 48.0 Å². The first-order valence-corrected chi connectivity index (χ1v) is 24.5. The maximum atomic E-state index is 14.5. The third-order valence-corrected chi connectivity index (χ3v) is 13.6. The van der Waals surface area contributed by atoms with Crippen molar-refractivity contribution >= 4 is 47.3 Å². The fourth-order valence-electron chi connectivity index (χ4n) is 9.30. The van der Waals surface area contributed by atoms with E-state index < -0.39 is 66.1 Å². The minimum atomic E-state index is -1.16. The van der Waals surface area contributed by atoms with Gasteiger partial charge >= 0.3 is 5.97 Å². The van der Waals surface area contributed by atoms with Gasteiger partial charge in [0.1, 0.15) is 18.1 Å². The zero-order chi connectivity index (χ0) is 51.0. The molecule has 68 heavy (non-hydrogen) atoms. The number of nitrogens with one attached hydrogen (secondary N) is 3. The van der Waals surface area contributed by atoms with E-state index in [1.807, 2.05) is 61.5 Å². The molecule has 17 heteroatoms. The molecule has 9 atom stereocenters. The van der Waals surface area contributed by atoms with Gasteiger partial charge in [0.25, 0.3) is 11.8 Å². The number of rotatable bonds is 28.